The second kappa shape index (κ2) is 8.48. The Morgan fingerprint density at radius 2 is 1.46 bits per heavy atom. The van der Waals surface area contributed by atoms with Crippen LogP contribution in [-0.4, -0.2) is 0 Å². The van der Waals surface area contributed by atoms with Crippen LogP contribution in [0.1, 0.15) is 68.6 Å². The number of rotatable bonds is 3. The second-order valence-corrected chi connectivity index (χ2v) is 12.1. The number of fused-ring (bicyclic) bond motifs is 8. The molecule has 5 aromatic carbocycles. The zero-order valence-corrected chi connectivity index (χ0v) is 22.7. The van der Waals surface area contributed by atoms with Crippen molar-refractivity contribution in [2.75, 3.05) is 5.32 Å². The lowest BCUT2D eigenvalue weighted by Gasteiger charge is -2.22. The SMILES string of the molecule is CC1(C)c2ccccc2-c2ccc(Nc3cccc4c3oc3c(C5CCCCC5)cc5ccccc5c34)cc21. The van der Waals surface area contributed by atoms with E-state index in [-0.39, 0.29) is 5.41 Å². The van der Waals surface area contributed by atoms with Crippen molar-refractivity contribution in [1.29, 1.82) is 0 Å². The third kappa shape index (κ3) is 3.40. The van der Waals surface area contributed by atoms with Crippen LogP contribution in [0, 0.1) is 0 Å². The van der Waals surface area contributed by atoms with Crippen molar-refractivity contribution >= 4 is 44.1 Å². The molecule has 8 rings (SSSR count). The Labute approximate surface area is 229 Å². The van der Waals surface area contributed by atoms with Gasteiger partial charge in [-0.2, -0.15) is 0 Å². The molecule has 2 aliphatic rings. The van der Waals surface area contributed by atoms with Gasteiger partial charge >= 0.3 is 0 Å². The summed E-state index contributed by atoms with van der Waals surface area (Å²) in [7, 11) is 0. The summed E-state index contributed by atoms with van der Waals surface area (Å²) in [6.07, 6.45) is 6.48. The van der Waals surface area contributed by atoms with Crippen LogP contribution in [0.25, 0.3) is 43.8 Å². The molecule has 192 valence electrons. The third-order valence-electron chi connectivity index (χ3n) is 9.43. The molecule has 0 atom stereocenters. The minimum atomic E-state index is -0.0250. The number of furan rings is 1. The Kier molecular flexibility index (Phi) is 4.98. The van der Waals surface area contributed by atoms with Gasteiger partial charge in [0.2, 0.25) is 0 Å². The molecular weight excluding hydrogens is 474 g/mol. The van der Waals surface area contributed by atoms with Crippen molar-refractivity contribution in [3.05, 3.63) is 108 Å². The quantitative estimate of drug-likeness (QED) is 0.258. The number of para-hydroxylation sites is 1. The molecule has 1 aromatic heterocycles. The Bertz CT molecular complexity index is 1900. The Hall–Kier alpha value is -4.04. The minimum absolute atomic E-state index is 0.0250. The van der Waals surface area contributed by atoms with Crippen LogP contribution in [0.3, 0.4) is 0 Å². The average Bonchev–Trinajstić information content (AvgIpc) is 3.48. The van der Waals surface area contributed by atoms with Crippen molar-refractivity contribution in [1.82, 2.24) is 0 Å². The lowest BCUT2D eigenvalue weighted by Crippen LogP contribution is -2.15. The van der Waals surface area contributed by atoms with Crippen molar-refractivity contribution in [2.45, 2.75) is 57.3 Å². The lowest BCUT2D eigenvalue weighted by molar-refractivity contribution is 0.442. The summed E-state index contributed by atoms with van der Waals surface area (Å²) in [4.78, 5) is 0. The van der Waals surface area contributed by atoms with E-state index in [2.05, 4.69) is 110 Å². The molecule has 6 aromatic rings. The van der Waals surface area contributed by atoms with Crippen LogP contribution >= 0.6 is 0 Å². The predicted octanol–water partition coefficient (Wildman–Crippen LogP) is 10.8. The third-order valence-corrected chi connectivity index (χ3v) is 9.43. The molecule has 1 heterocycles. The molecule has 39 heavy (non-hydrogen) atoms. The van der Waals surface area contributed by atoms with Crippen molar-refractivity contribution in [3.63, 3.8) is 0 Å². The predicted molar refractivity (Wildman–Crippen MR) is 164 cm³/mol. The van der Waals surface area contributed by atoms with E-state index in [4.69, 9.17) is 4.42 Å². The highest BCUT2D eigenvalue weighted by Gasteiger charge is 2.35. The number of hydrogen-bond donors (Lipinski definition) is 1. The maximum absolute atomic E-state index is 6.87. The molecule has 1 N–H and O–H groups in total. The zero-order chi connectivity index (χ0) is 26.1. The van der Waals surface area contributed by atoms with Crippen LogP contribution in [0.2, 0.25) is 0 Å². The Morgan fingerprint density at radius 3 is 2.36 bits per heavy atom. The fraction of sp³-hybridized carbons (Fsp3) is 0.243. The first-order valence-corrected chi connectivity index (χ1v) is 14.5. The van der Waals surface area contributed by atoms with E-state index in [1.54, 1.807) is 0 Å². The highest BCUT2D eigenvalue weighted by atomic mass is 16.3. The van der Waals surface area contributed by atoms with Gasteiger partial charge in [0.15, 0.2) is 5.58 Å². The van der Waals surface area contributed by atoms with E-state index in [0.29, 0.717) is 5.92 Å². The van der Waals surface area contributed by atoms with Crippen LogP contribution in [0.4, 0.5) is 11.4 Å². The topological polar surface area (TPSA) is 25.2 Å². The summed E-state index contributed by atoms with van der Waals surface area (Å²) in [5.74, 6) is 0.573. The van der Waals surface area contributed by atoms with E-state index >= 15 is 0 Å². The molecule has 1 fully saturated rings. The Balaban J connectivity index is 1.29. The van der Waals surface area contributed by atoms with Crippen molar-refractivity contribution < 1.29 is 4.42 Å². The van der Waals surface area contributed by atoms with Gasteiger partial charge in [-0.15, -0.1) is 0 Å². The molecule has 0 spiro atoms. The monoisotopic (exact) mass is 507 g/mol. The van der Waals surface area contributed by atoms with E-state index < -0.39 is 0 Å². The van der Waals surface area contributed by atoms with Crippen molar-refractivity contribution in [2.24, 2.45) is 0 Å². The van der Waals surface area contributed by atoms with Gasteiger partial charge in [0.1, 0.15) is 5.58 Å². The fourth-order valence-corrected chi connectivity index (χ4v) is 7.43. The van der Waals surface area contributed by atoms with Gasteiger partial charge in [-0.05, 0) is 81.6 Å². The smallest absolute Gasteiger partial charge is 0.158 e. The first-order chi connectivity index (χ1) is 19.1. The van der Waals surface area contributed by atoms with Gasteiger partial charge in [0.05, 0.1) is 5.69 Å². The molecule has 0 amide bonds. The zero-order valence-electron chi connectivity index (χ0n) is 22.7. The van der Waals surface area contributed by atoms with Gasteiger partial charge < -0.3 is 9.73 Å². The molecule has 2 heteroatoms. The molecule has 2 nitrogen and oxygen atoms in total. The number of anilines is 2. The number of benzene rings is 5. The maximum Gasteiger partial charge on any atom is 0.158 e. The largest absolute Gasteiger partial charge is 0.454 e. The molecule has 0 bridgehead atoms. The first kappa shape index (κ1) is 22.9. The highest BCUT2D eigenvalue weighted by molar-refractivity contribution is 6.21. The lowest BCUT2D eigenvalue weighted by atomic mass is 9.82. The summed E-state index contributed by atoms with van der Waals surface area (Å²) < 4.78 is 6.87. The Morgan fingerprint density at radius 1 is 0.692 bits per heavy atom. The molecule has 0 saturated heterocycles. The molecule has 0 radical (unpaired) electrons. The summed E-state index contributed by atoms with van der Waals surface area (Å²) in [5.41, 5.74) is 11.0. The molecule has 0 aliphatic heterocycles. The molecule has 1 saturated carbocycles. The second-order valence-electron chi connectivity index (χ2n) is 12.1. The van der Waals surface area contributed by atoms with Crippen LogP contribution in [0.5, 0.6) is 0 Å². The molecular formula is C37H33NO. The van der Waals surface area contributed by atoms with E-state index in [0.717, 1.165) is 22.5 Å². The van der Waals surface area contributed by atoms with Crippen molar-refractivity contribution in [3.8, 4) is 11.1 Å². The van der Waals surface area contributed by atoms with E-state index in [9.17, 15) is 0 Å². The number of hydrogen-bond acceptors (Lipinski definition) is 2. The van der Waals surface area contributed by atoms with Gasteiger partial charge in [0, 0.05) is 21.9 Å². The molecule has 0 unspecified atom stereocenters. The fourth-order valence-electron chi connectivity index (χ4n) is 7.43. The maximum atomic E-state index is 6.87. The summed E-state index contributed by atoms with van der Waals surface area (Å²) in [6, 6.07) is 33.4. The van der Waals surface area contributed by atoms with Gasteiger partial charge in [-0.1, -0.05) is 99.8 Å². The number of nitrogens with one attached hydrogen (secondary N) is 1. The van der Waals surface area contributed by atoms with Crippen LogP contribution in [0.15, 0.2) is 95.4 Å². The minimum Gasteiger partial charge on any atom is -0.454 e. The average molecular weight is 508 g/mol. The highest BCUT2D eigenvalue weighted by Crippen LogP contribution is 2.50. The van der Waals surface area contributed by atoms with Crippen LogP contribution in [-0.2, 0) is 5.41 Å². The van der Waals surface area contributed by atoms with Crippen LogP contribution < -0.4 is 5.32 Å². The standard InChI is InChI=1S/C37H33NO/c1-37(2)31-17-9-8-15-27(31)28-20-19-25(22-32(28)37)38-33-18-10-16-29-34-26-14-7-6-13-24(26)21-30(36(34)39-35(29)33)23-11-4-3-5-12-23/h6-10,13-23,38H,3-5,11-12H2,1-2H3. The summed E-state index contributed by atoms with van der Waals surface area (Å²) in [5, 5.41) is 8.80. The summed E-state index contributed by atoms with van der Waals surface area (Å²) in [6.45, 7) is 4.67. The van der Waals surface area contributed by atoms with Gasteiger partial charge in [-0.3, -0.25) is 0 Å². The molecule has 2 aliphatic carbocycles. The van der Waals surface area contributed by atoms with E-state index in [1.165, 1.54) is 81.5 Å². The van der Waals surface area contributed by atoms with Gasteiger partial charge in [-0.25, -0.2) is 0 Å². The summed E-state index contributed by atoms with van der Waals surface area (Å²) >= 11 is 0. The van der Waals surface area contributed by atoms with Gasteiger partial charge in [0.25, 0.3) is 0 Å². The van der Waals surface area contributed by atoms with E-state index in [1.807, 2.05) is 0 Å². The first-order valence-electron chi connectivity index (χ1n) is 14.5. The normalized spacial score (nSPS) is 16.6.